The molecule has 2 aromatic rings. The lowest BCUT2D eigenvalue weighted by Crippen LogP contribution is -2.25. The zero-order valence-electron chi connectivity index (χ0n) is 12.0. The number of aryl methyl sites for hydroxylation is 2. The molecule has 1 aromatic heterocycles. The maximum atomic E-state index is 9.71. The van der Waals surface area contributed by atoms with Gasteiger partial charge >= 0.3 is 0 Å². The van der Waals surface area contributed by atoms with E-state index in [2.05, 4.69) is 34.1 Å². The summed E-state index contributed by atoms with van der Waals surface area (Å²) in [5, 5.41) is 9.71. The van der Waals surface area contributed by atoms with Crippen LogP contribution in [0.1, 0.15) is 36.3 Å². The van der Waals surface area contributed by atoms with Crippen LogP contribution in [-0.2, 0) is 6.42 Å². The molecule has 1 aliphatic heterocycles. The Morgan fingerprint density at radius 1 is 1.20 bits per heavy atom. The summed E-state index contributed by atoms with van der Waals surface area (Å²) in [4.78, 5) is 6.96. The standard InChI is InChI=1S/C17H20N2O/c1-12-15(13(2)20)9-10-17(18-12)19-11-5-7-14-6-3-4-8-16(14)19/h3-4,6,8-10,13,20H,5,7,11H2,1-2H3/t13-/m0/s1. The molecule has 0 bridgehead atoms. The molecule has 1 aliphatic rings. The number of benzene rings is 1. The van der Waals surface area contributed by atoms with Gasteiger partial charge in [0.2, 0.25) is 0 Å². The van der Waals surface area contributed by atoms with Crippen LogP contribution < -0.4 is 4.90 Å². The minimum atomic E-state index is -0.467. The summed E-state index contributed by atoms with van der Waals surface area (Å²) in [6.45, 7) is 4.73. The highest BCUT2D eigenvalue weighted by molar-refractivity contribution is 5.65. The molecule has 1 aromatic carbocycles. The average molecular weight is 268 g/mol. The lowest BCUT2D eigenvalue weighted by atomic mass is 10.0. The van der Waals surface area contributed by atoms with Gasteiger partial charge in [-0.3, -0.25) is 0 Å². The smallest absolute Gasteiger partial charge is 0.133 e. The van der Waals surface area contributed by atoms with Crippen LogP contribution in [0.3, 0.4) is 0 Å². The fraction of sp³-hybridized carbons (Fsp3) is 0.353. The molecule has 0 radical (unpaired) electrons. The monoisotopic (exact) mass is 268 g/mol. The van der Waals surface area contributed by atoms with Gasteiger partial charge < -0.3 is 10.0 Å². The van der Waals surface area contributed by atoms with Crippen molar-refractivity contribution in [3.63, 3.8) is 0 Å². The molecular weight excluding hydrogens is 248 g/mol. The molecule has 3 rings (SSSR count). The first-order valence-electron chi connectivity index (χ1n) is 7.18. The number of aliphatic hydroxyl groups is 1. The van der Waals surface area contributed by atoms with Crippen molar-refractivity contribution in [3.8, 4) is 0 Å². The van der Waals surface area contributed by atoms with E-state index in [9.17, 15) is 5.11 Å². The van der Waals surface area contributed by atoms with E-state index in [1.807, 2.05) is 19.1 Å². The van der Waals surface area contributed by atoms with Gasteiger partial charge in [-0.1, -0.05) is 24.3 Å². The van der Waals surface area contributed by atoms with Crippen molar-refractivity contribution in [1.82, 2.24) is 4.98 Å². The number of hydrogen-bond acceptors (Lipinski definition) is 3. The Balaban J connectivity index is 2.00. The summed E-state index contributed by atoms with van der Waals surface area (Å²) in [7, 11) is 0. The molecule has 3 nitrogen and oxygen atoms in total. The second kappa shape index (κ2) is 5.25. The first kappa shape index (κ1) is 13.1. The highest BCUT2D eigenvalue weighted by Gasteiger charge is 2.19. The number of rotatable bonds is 2. The van der Waals surface area contributed by atoms with E-state index in [0.717, 1.165) is 36.5 Å². The van der Waals surface area contributed by atoms with Crippen LogP contribution in [0, 0.1) is 6.92 Å². The van der Waals surface area contributed by atoms with Crippen molar-refractivity contribution >= 4 is 11.5 Å². The van der Waals surface area contributed by atoms with E-state index < -0.39 is 6.10 Å². The van der Waals surface area contributed by atoms with E-state index in [4.69, 9.17) is 0 Å². The van der Waals surface area contributed by atoms with Crippen molar-refractivity contribution in [1.29, 1.82) is 0 Å². The van der Waals surface area contributed by atoms with Gasteiger partial charge in [0.1, 0.15) is 5.82 Å². The van der Waals surface area contributed by atoms with Gasteiger partial charge in [-0.05, 0) is 44.4 Å². The largest absolute Gasteiger partial charge is 0.389 e. The van der Waals surface area contributed by atoms with Gasteiger partial charge in [-0.25, -0.2) is 4.98 Å². The molecule has 0 saturated heterocycles. The number of pyridine rings is 1. The van der Waals surface area contributed by atoms with Gasteiger partial charge in [0.15, 0.2) is 0 Å². The van der Waals surface area contributed by atoms with Gasteiger partial charge in [0.25, 0.3) is 0 Å². The van der Waals surface area contributed by atoms with Gasteiger partial charge in [-0.15, -0.1) is 0 Å². The average Bonchev–Trinajstić information content (AvgIpc) is 2.46. The highest BCUT2D eigenvalue weighted by atomic mass is 16.3. The van der Waals surface area contributed by atoms with Crippen LogP contribution in [0.4, 0.5) is 11.5 Å². The third kappa shape index (κ3) is 2.29. The quantitative estimate of drug-likeness (QED) is 0.905. The lowest BCUT2D eigenvalue weighted by Gasteiger charge is -2.30. The van der Waals surface area contributed by atoms with E-state index >= 15 is 0 Å². The van der Waals surface area contributed by atoms with Crippen molar-refractivity contribution in [2.24, 2.45) is 0 Å². The molecule has 0 saturated carbocycles. The Morgan fingerprint density at radius 3 is 2.75 bits per heavy atom. The van der Waals surface area contributed by atoms with Crippen LogP contribution >= 0.6 is 0 Å². The molecule has 3 heteroatoms. The zero-order valence-corrected chi connectivity index (χ0v) is 12.0. The van der Waals surface area contributed by atoms with Crippen molar-refractivity contribution in [2.45, 2.75) is 32.8 Å². The molecule has 2 heterocycles. The molecule has 1 atom stereocenters. The van der Waals surface area contributed by atoms with E-state index in [-0.39, 0.29) is 0 Å². The Kier molecular flexibility index (Phi) is 3.45. The molecule has 104 valence electrons. The molecule has 0 amide bonds. The van der Waals surface area contributed by atoms with E-state index in [1.54, 1.807) is 6.92 Å². The van der Waals surface area contributed by atoms with Crippen LogP contribution in [0.5, 0.6) is 0 Å². The summed E-state index contributed by atoms with van der Waals surface area (Å²) < 4.78 is 0. The third-order valence-corrected chi connectivity index (χ3v) is 3.95. The number of hydrogen-bond donors (Lipinski definition) is 1. The SMILES string of the molecule is Cc1nc(N2CCCc3ccccc32)ccc1[C@H](C)O. The lowest BCUT2D eigenvalue weighted by molar-refractivity contribution is 0.198. The number of nitrogens with zero attached hydrogens (tertiary/aromatic N) is 2. The Labute approximate surface area is 119 Å². The minimum absolute atomic E-state index is 0.467. The fourth-order valence-electron chi connectivity index (χ4n) is 2.92. The number of aromatic nitrogens is 1. The summed E-state index contributed by atoms with van der Waals surface area (Å²) in [6, 6.07) is 12.5. The maximum Gasteiger partial charge on any atom is 0.133 e. The Morgan fingerprint density at radius 2 is 2.00 bits per heavy atom. The molecule has 1 N–H and O–H groups in total. The first-order chi connectivity index (χ1) is 9.66. The number of fused-ring (bicyclic) bond motifs is 1. The summed E-state index contributed by atoms with van der Waals surface area (Å²) in [5.41, 5.74) is 4.45. The van der Waals surface area contributed by atoms with E-state index in [0.29, 0.717) is 0 Å². The minimum Gasteiger partial charge on any atom is -0.389 e. The predicted octanol–water partition coefficient (Wildman–Crippen LogP) is 3.53. The number of para-hydroxylation sites is 1. The van der Waals surface area contributed by atoms with E-state index in [1.165, 1.54) is 11.3 Å². The topological polar surface area (TPSA) is 36.4 Å². The number of aliphatic hydroxyl groups excluding tert-OH is 1. The Bertz CT molecular complexity index is 622. The Hall–Kier alpha value is -1.87. The highest BCUT2D eigenvalue weighted by Crippen LogP contribution is 2.33. The van der Waals surface area contributed by atoms with Crippen LogP contribution in [0.25, 0.3) is 0 Å². The number of anilines is 2. The van der Waals surface area contributed by atoms with Crippen molar-refractivity contribution < 1.29 is 5.11 Å². The maximum absolute atomic E-state index is 9.71. The van der Waals surface area contributed by atoms with Gasteiger partial charge in [-0.2, -0.15) is 0 Å². The molecule has 0 fully saturated rings. The van der Waals surface area contributed by atoms with Crippen LogP contribution in [-0.4, -0.2) is 16.6 Å². The molecular formula is C17H20N2O. The molecule has 0 spiro atoms. The third-order valence-electron chi connectivity index (χ3n) is 3.95. The second-order valence-electron chi connectivity index (χ2n) is 5.40. The van der Waals surface area contributed by atoms with Gasteiger partial charge in [0.05, 0.1) is 6.10 Å². The summed E-state index contributed by atoms with van der Waals surface area (Å²) in [6.07, 6.45) is 1.82. The van der Waals surface area contributed by atoms with Crippen LogP contribution in [0.15, 0.2) is 36.4 Å². The first-order valence-corrected chi connectivity index (χ1v) is 7.18. The molecule has 0 unspecified atom stereocenters. The predicted molar refractivity (Wildman–Crippen MR) is 81.4 cm³/mol. The van der Waals surface area contributed by atoms with Crippen molar-refractivity contribution in [3.05, 3.63) is 53.2 Å². The summed E-state index contributed by atoms with van der Waals surface area (Å²) >= 11 is 0. The fourth-order valence-corrected chi connectivity index (χ4v) is 2.92. The second-order valence-corrected chi connectivity index (χ2v) is 5.40. The van der Waals surface area contributed by atoms with Crippen LogP contribution in [0.2, 0.25) is 0 Å². The van der Waals surface area contributed by atoms with Crippen molar-refractivity contribution in [2.75, 3.05) is 11.4 Å². The van der Waals surface area contributed by atoms with Gasteiger partial charge in [0, 0.05) is 23.5 Å². The normalized spacial score (nSPS) is 15.8. The molecule has 0 aliphatic carbocycles. The molecule has 20 heavy (non-hydrogen) atoms. The summed E-state index contributed by atoms with van der Waals surface area (Å²) in [5.74, 6) is 0.971. The zero-order chi connectivity index (χ0) is 14.1.